The summed E-state index contributed by atoms with van der Waals surface area (Å²) in [6, 6.07) is 8.87. The highest BCUT2D eigenvalue weighted by Crippen LogP contribution is 2.60. The van der Waals surface area contributed by atoms with Gasteiger partial charge in [0.05, 0.1) is 19.5 Å². The minimum Gasteiger partial charge on any atom is -0.466 e. The third kappa shape index (κ3) is 3.94. The number of nitrogens with zero attached hydrogens (tertiary/aromatic N) is 1. The second-order valence-corrected chi connectivity index (χ2v) is 6.27. The average Bonchev–Trinajstić information content (AvgIpc) is 3.00. The molecule has 0 amide bonds. The van der Waals surface area contributed by atoms with E-state index >= 15 is 0 Å². The van der Waals surface area contributed by atoms with E-state index in [4.69, 9.17) is 13.5 Å². The third-order valence-electron chi connectivity index (χ3n) is 2.70. The van der Waals surface area contributed by atoms with Crippen molar-refractivity contribution in [2.24, 2.45) is 0 Å². The smallest absolute Gasteiger partial charge is 0.360 e. The van der Waals surface area contributed by atoms with Crippen molar-refractivity contribution in [1.82, 2.24) is 4.98 Å². The van der Waals surface area contributed by atoms with E-state index in [2.05, 4.69) is 10.3 Å². The van der Waals surface area contributed by atoms with Crippen molar-refractivity contribution in [2.75, 3.05) is 18.5 Å². The maximum atomic E-state index is 13.0. The Hall–Kier alpha value is -1.62. The summed E-state index contributed by atoms with van der Waals surface area (Å²) in [5.74, 6) is 0.298. The van der Waals surface area contributed by atoms with E-state index < -0.39 is 13.4 Å². The monoisotopic (exact) mass is 310 g/mol. The first kappa shape index (κ1) is 15.8. The molecule has 0 saturated heterocycles. The van der Waals surface area contributed by atoms with Crippen LogP contribution >= 0.6 is 7.60 Å². The molecular weight excluding hydrogens is 291 g/mol. The molecule has 0 aliphatic carbocycles. The molecular formula is C14H19N2O4P. The molecule has 1 N–H and O–H groups in total. The van der Waals surface area contributed by atoms with Gasteiger partial charge in [-0.05, 0) is 38.1 Å². The summed E-state index contributed by atoms with van der Waals surface area (Å²) < 4.78 is 29.2. The summed E-state index contributed by atoms with van der Waals surface area (Å²) in [7, 11) is -3.43. The van der Waals surface area contributed by atoms with Crippen molar-refractivity contribution in [3.63, 3.8) is 0 Å². The highest BCUT2D eigenvalue weighted by atomic mass is 31.2. The van der Waals surface area contributed by atoms with Crippen molar-refractivity contribution >= 4 is 13.4 Å². The molecule has 0 aliphatic heterocycles. The number of pyridine rings is 1. The Balaban J connectivity index is 2.33. The maximum Gasteiger partial charge on any atom is 0.360 e. The highest BCUT2D eigenvalue weighted by molar-refractivity contribution is 7.54. The van der Waals surface area contributed by atoms with Gasteiger partial charge in [0, 0.05) is 6.20 Å². The first-order valence-electron chi connectivity index (χ1n) is 6.79. The Morgan fingerprint density at radius 1 is 1.24 bits per heavy atom. The molecule has 0 radical (unpaired) electrons. The summed E-state index contributed by atoms with van der Waals surface area (Å²) in [4.78, 5) is 4.18. The molecule has 6 nitrogen and oxygen atoms in total. The Labute approximate surface area is 124 Å². The van der Waals surface area contributed by atoms with Crippen molar-refractivity contribution < 1.29 is 18.0 Å². The van der Waals surface area contributed by atoms with Crippen LogP contribution in [0.5, 0.6) is 0 Å². The molecule has 2 aromatic heterocycles. The van der Waals surface area contributed by atoms with Crippen LogP contribution in [0.25, 0.3) is 0 Å². The number of rotatable bonds is 8. The summed E-state index contributed by atoms with van der Waals surface area (Å²) in [5.41, 5.74) is 0. The van der Waals surface area contributed by atoms with E-state index in [1.54, 1.807) is 44.3 Å². The number of furan rings is 1. The molecule has 0 aromatic carbocycles. The second-order valence-electron chi connectivity index (χ2n) is 4.15. The normalized spacial score (nSPS) is 13.0. The van der Waals surface area contributed by atoms with Crippen molar-refractivity contribution in [2.45, 2.75) is 19.6 Å². The quantitative estimate of drug-likeness (QED) is 0.741. The molecule has 2 heterocycles. The van der Waals surface area contributed by atoms with Gasteiger partial charge in [-0.1, -0.05) is 6.07 Å². The van der Waals surface area contributed by atoms with Gasteiger partial charge in [-0.25, -0.2) is 4.98 Å². The zero-order valence-electron chi connectivity index (χ0n) is 12.1. The first-order valence-corrected chi connectivity index (χ1v) is 8.40. The molecule has 2 aromatic rings. The lowest BCUT2D eigenvalue weighted by molar-refractivity contribution is 0.211. The number of hydrogen-bond donors (Lipinski definition) is 1. The minimum absolute atomic E-state index is 0.276. The largest absolute Gasteiger partial charge is 0.466 e. The summed E-state index contributed by atoms with van der Waals surface area (Å²) in [6.45, 7) is 4.09. The van der Waals surface area contributed by atoms with Crippen LogP contribution in [-0.4, -0.2) is 18.2 Å². The second kappa shape index (κ2) is 7.41. The van der Waals surface area contributed by atoms with Gasteiger partial charge in [-0.15, -0.1) is 0 Å². The summed E-state index contributed by atoms with van der Waals surface area (Å²) in [6.07, 6.45) is 3.17. The van der Waals surface area contributed by atoms with Gasteiger partial charge in [-0.2, -0.15) is 0 Å². The molecule has 21 heavy (non-hydrogen) atoms. The van der Waals surface area contributed by atoms with Crippen LogP contribution in [0.4, 0.5) is 5.82 Å². The Morgan fingerprint density at radius 3 is 2.52 bits per heavy atom. The molecule has 0 aliphatic rings. The van der Waals surface area contributed by atoms with Gasteiger partial charge < -0.3 is 18.8 Å². The van der Waals surface area contributed by atoms with Gasteiger partial charge in [0.25, 0.3) is 0 Å². The Morgan fingerprint density at radius 2 is 2.00 bits per heavy atom. The van der Waals surface area contributed by atoms with E-state index in [0.717, 1.165) is 0 Å². The fourth-order valence-electron chi connectivity index (χ4n) is 1.89. The lowest BCUT2D eigenvalue weighted by Crippen LogP contribution is -2.15. The topological polar surface area (TPSA) is 73.6 Å². The highest BCUT2D eigenvalue weighted by Gasteiger charge is 2.39. The molecule has 7 heteroatoms. The van der Waals surface area contributed by atoms with Gasteiger partial charge in [0.15, 0.2) is 5.78 Å². The van der Waals surface area contributed by atoms with Crippen LogP contribution in [0.15, 0.2) is 47.2 Å². The fraction of sp³-hybridized carbons (Fsp3) is 0.357. The van der Waals surface area contributed by atoms with Crippen LogP contribution in [0.1, 0.15) is 25.4 Å². The molecule has 2 rings (SSSR count). The SMILES string of the molecule is CCOP(=O)(OCC)[C@H](Nc1ccccn1)c1ccco1. The summed E-state index contributed by atoms with van der Waals surface area (Å²) >= 11 is 0. The van der Waals surface area contributed by atoms with Gasteiger partial charge in [0.1, 0.15) is 11.6 Å². The third-order valence-corrected chi connectivity index (χ3v) is 4.95. The predicted octanol–water partition coefficient (Wildman–Crippen LogP) is 4.05. The van der Waals surface area contributed by atoms with E-state index in [-0.39, 0.29) is 13.2 Å². The molecule has 1 atom stereocenters. The zero-order valence-corrected chi connectivity index (χ0v) is 13.0. The first-order chi connectivity index (χ1) is 10.2. The standard InChI is InChI=1S/C14H19N2O4P/c1-3-19-21(17,20-4-2)14(12-8-7-11-18-12)16-13-9-5-6-10-15-13/h5-11,14H,3-4H2,1-2H3,(H,15,16)/t14-/m0/s1. The number of aromatic nitrogens is 1. The fourth-order valence-corrected chi connectivity index (χ4v) is 3.73. The van der Waals surface area contributed by atoms with E-state index in [1.807, 2.05) is 6.07 Å². The average molecular weight is 310 g/mol. The molecule has 0 spiro atoms. The van der Waals surface area contributed by atoms with Crippen LogP contribution in [0.2, 0.25) is 0 Å². The van der Waals surface area contributed by atoms with Crippen LogP contribution in [0, 0.1) is 0 Å². The molecule has 0 saturated carbocycles. The molecule has 0 fully saturated rings. The Kier molecular flexibility index (Phi) is 5.56. The van der Waals surface area contributed by atoms with E-state index in [0.29, 0.717) is 11.6 Å². The maximum absolute atomic E-state index is 13.0. The minimum atomic E-state index is -3.43. The number of hydrogen-bond acceptors (Lipinski definition) is 6. The molecule has 0 unspecified atom stereocenters. The lowest BCUT2D eigenvalue weighted by atomic mass is 10.4. The summed E-state index contributed by atoms with van der Waals surface area (Å²) in [5, 5.41) is 3.07. The Bertz CT molecular complexity index is 564. The number of nitrogens with one attached hydrogen (secondary N) is 1. The van der Waals surface area contributed by atoms with Crippen LogP contribution in [-0.2, 0) is 13.6 Å². The lowest BCUT2D eigenvalue weighted by Gasteiger charge is -2.25. The van der Waals surface area contributed by atoms with E-state index in [9.17, 15) is 4.57 Å². The van der Waals surface area contributed by atoms with Gasteiger partial charge >= 0.3 is 7.60 Å². The molecule has 0 bridgehead atoms. The zero-order chi connectivity index (χ0) is 15.1. The van der Waals surface area contributed by atoms with Crippen molar-refractivity contribution in [3.8, 4) is 0 Å². The number of anilines is 1. The predicted molar refractivity (Wildman–Crippen MR) is 80.2 cm³/mol. The van der Waals surface area contributed by atoms with Crippen molar-refractivity contribution in [3.05, 3.63) is 48.6 Å². The molecule has 114 valence electrons. The van der Waals surface area contributed by atoms with Gasteiger partial charge in [-0.3, -0.25) is 4.57 Å². The van der Waals surface area contributed by atoms with Crippen LogP contribution in [0.3, 0.4) is 0 Å². The van der Waals surface area contributed by atoms with Crippen molar-refractivity contribution in [1.29, 1.82) is 0 Å². The van der Waals surface area contributed by atoms with Crippen LogP contribution < -0.4 is 5.32 Å². The van der Waals surface area contributed by atoms with E-state index in [1.165, 1.54) is 6.26 Å². The van der Waals surface area contributed by atoms with Gasteiger partial charge in [0.2, 0.25) is 0 Å².